The molecule has 1 aliphatic rings. The van der Waals surface area contributed by atoms with Crippen LogP contribution in [0.15, 0.2) is 9.98 Å². The van der Waals surface area contributed by atoms with E-state index in [1.54, 1.807) is 0 Å². The van der Waals surface area contributed by atoms with E-state index in [0.717, 1.165) is 25.7 Å². The lowest BCUT2D eigenvalue weighted by molar-refractivity contribution is 0.390. The maximum absolute atomic E-state index is 6.74. The number of rotatable bonds is 2. The molecule has 0 saturated heterocycles. The van der Waals surface area contributed by atoms with Crippen LogP contribution in [0.1, 0.15) is 25.7 Å². The number of aliphatic imine (C=N–C) groups is 2. The Morgan fingerprint density at radius 1 is 0.917 bits per heavy atom. The van der Waals surface area contributed by atoms with Gasteiger partial charge in [-0.3, -0.25) is 0 Å². The molecule has 1 saturated carbocycles. The van der Waals surface area contributed by atoms with Crippen LogP contribution in [0.3, 0.4) is 0 Å². The predicted molar refractivity (Wildman–Crippen MR) is 46.4 cm³/mol. The Kier molecular flexibility index (Phi) is 3.39. The van der Waals surface area contributed by atoms with E-state index in [-0.39, 0.29) is 12.1 Å². The third-order valence-electron chi connectivity index (χ3n) is 2.15. The van der Waals surface area contributed by atoms with Crippen LogP contribution < -0.4 is 0 Å². The highest BCUT2D eigenvalue weighted by Gasteiger charge is 2.23. The summed E-state index contributed by atoms with van der Waals surface area (Å²) in [5.74, 6) is 0. The molecule has 0 aromatic rings. The Morgan fingerprint density at radius 2 is 1.33 bits per heavy atom. The Labute approximate surface area is 71.4 Å². The van der Waals surface area contributed by atoms with Gasteiger partial charge in [0.15, 0.2) is 0 Å². The zero-order chi connectivity index (χ0) is 8.81. The quantitative estimate of drug-likeness (QED) is 0.584. The number of nitrogens with zero attached hydrogens (tertiary/aromatic N) is 2. The molecule has 0 aliphatic heterocycles. The Balaban J connectivity index is 2.65. The molecular weight excluding hydrogens is 152 g/mol. The fourth-order valence-corrected chi connectivity index (χ4v) is 1.56. The second-order valence-electron chi connectivity index (χ2n) is 2.90. The van der Waals surface area contributed by atoms with E-state index in [4.69, 9.17) is 10.8 Å². The lowest BCUT2D eigenvalue weighted by atomic mass is 9.91. The standard InChI is InChI=1S/C8H12N4/c9-5-11-7-3-1-2-4-8(7)12-6-10/h7-10H,1-4H2. The molecule has 0 bridgehead atoms. The summed E-state index contributed by atoms with van der Waals surface area (Å²) in [6.45, 7) is 0. The van der Waals surface area contributed by atoms with Gasteiger partial charge in [0.05, 0.1) is 24.1 Å². The molecule has 0 aromatic heterocycles. The highest BCUT2D eigenvalue weighted by molar-refractivity contribution is 5.38. The van der Waals surface area contributed by atoms with Crippen molar-refractivity contribution in [1.29, 1.82) is 10.8 Å². The molecule has 1 aliphatic carbocycles. The molecule has 0 heterocycles. The van der Waals surface area contributed by atoms with E-state index in [0.29, 0.717) is 0 Å². The van der Waals surface area contributed by atoms with Crippen LogP contribution in [0.25, 0.3) is 0 Å². The third-order valence-corrected chi connectivity index (χ3v) is 2.15. The summed E-state index contributed by atoms with van der Waals surface area (Å²) < 4.78 is 0. The van der Waals surface area contributed by atoms with E-state index >= 15 is 0 Å². The van der Waals surface area contributed by atoms with Crippen LogP contribution >= 0.6 is 0 Å². The SMILES string of the molecule is N=C=NC1CCCCC1N=C=N. The van der Waals surface area contributed by atoms with E-state index in [1.165, 1.54) is 0 Å². The molecule has 2 atom stereocenters. The van der Waals surface area contributed by atoms with Crippen molar-refractivity contribution in [3.63, 3.8) is 0 Å². The van der Waals surface area contributed by atoms with Gasteiger partial charge in [-0.2, -0.15) is 0 Å². The molecule has 0 aromatic carbocycles. The van der Waals surface area contributed by atoms with Crippen molar-refractivity contribution >= 4 is 12.0 Å². The molecule has 64 valence electrons. The first kappa shape index (κ1) is 8.85. The van der Waals surface area contributed by atoms with Gasteiger partial charge in [-0.1, -0.05) is 12.8 Å². The number of hydrogen-bond acceptors (Lipinski definition) is 4. The second kappa shape index (κ2) is 4.60. The third kappa shape index (κ3) is 2.12. The number of nitrogens with one attached hydrogen (secondary N) is 2. The molecule has 2 N–H and O–H groups in total. The molecule has 0 radical (unpaired) electrons. The molecule has 2 unspecified atom stereocenters. The minimum atomic E-state index is 0.0640. The van der Waals surface area contributed by atoms with Gasteiger partial charge in [0, 0.05) is 0 Å². The van der Waals surface area contributed by atoms with Crippen LogP contribution in [-0.4, -0.2) is 24.1 Å². The minimum Gasteiger partial charge on any atom is -0.242 e. The maximum atomic E-state index is 6.74. The molecule has 4 nitrogen and oxygen atoms in total. The van der Waals surface area contributed by atoms with Gasteiger partial charge in [-0.05, 0) is 12.8 Å². The summed E-state index contributed by atoms with van der Waals surface area (Å²) in [6, 6.07) is 4.23. The largest absolute Gasteiger partial charge is 0.242 e. The molecule has 1 rings (SSSR count). The highest BCUT2D eigenvalue weighted by Crippen LogP contribution is 2.22. The van der Waals surface area contributed by atoms with Crippen LogP contribution in [0.4, 0.5) is 0 Å². The molecule has 0 amide bonds. The van der Waals surface area contributed by atoms with Crippen LogP contribution in [-0.2, 0) is 0 Å². The zero-order valence-corrected chi connectivity index (χ0v) is 6.88. The Hall–Kier alpha value is -1.24. The zero-order valence-electron chi connectivity index (χ0n) is 6.88. The average Bonchev–Trinajstić information content (AvgIpc) is 2.09. The molecule has 12 heavy (non-hydrogen) atoms. The molecule has 4 heteroatoms. The van der Waals surface area contributed by atoms with Crippen molar-refractivity contribution in [3.05, 3.63) is 0 Å². The van der Waals surface area contributed by atoms with E-state index in [1.807, 2.05) is 0 Å². The Bertz CT molecular complexity index is 209. The van der Waals surface area contributed by atoms with E-state index in [2.05, 4.69) is 22.0 Å². The monoisotopic (exact) mass is 164 g/mol. The van der Waals surface area contributed by atoms with Crippen LogP contribution in [0, 0.1) is 10.8 Å². The maximum Gasteiger partial charge on any atom is 0.0865 e. The first-order valence-corrected chi connectivity index (χ1v) is 4.11. The van der Waals surface area contributed by atoms with E-state index < -0.39 is 0 Å². The van der Waals surface area contributed by atoms with Crippen molar-refractivity contribution in [1.82, 2.24) is 0 Å². The normalized spacial score (nSPS) is 28.3. The topological polar surface area (TPSA) is 72.4 Å². The van der Waals surface area contributed by atoms with Crippen molar-refractivity contribution in [2.24, 2.45) is 9.98 Å². The van der Waals surface area contributed by atoms with Crippen molar-refractivity contribution in [2.75, 3.05) is 0 Å². The lowest BCUT2D eigenvalue weighted by Crippen LogP contribution is -2.26. The smallest absolute Gasteiger partial charge is 0.0865 e. The minimum absolute atomic E-state index is 0.0640. The van der Waals surface area contributed by atoms with Gasteiger partial charge in [0.2, 0.25) is 0 Å². The number of hydrogen-bond donors (Lipinski definition) is 2. The van der Waals surface area contributed by atoms with Gasteiger partial charge >= 0.3 is 0 Å². The van der Waals surface area contributed by atoms with Gasteiger partial charge in [0.25, 0.3) is 0 Å². The second-order valence-corrected chi connectivity index (χ2v) is 2.90. The summed E-state index contributed by atoms with van der Waals surface area (Å²) >= 11 is 0. The van der Waals surface area contributed by atoms with Gasteiger partial charge in [-0.25, -0.2) is 20.8 Å². The fraction of sp³-hybridized carbons (Fsp3) is 0.750. The molecular formula is C8H12N4. The average molecular weight is 164 g/mol. The van der Waals surface area contributed by atoms with Crippen LogP contribution in [0.5, 0.6) is 0 Å². The summed E-state index contributed by atoms with van der Waals surface area (Å²) in [5.41, 5.74) is 0. The lowest BCUT2D eigenvalue weighted by Gasteiger charge is -2.22. The van der Waals surface area contributed by atoms with Gasteiger partial charge < -0.3 is 0 Å². The summed E-state index contributed by atoms with van der Waals surface area (Å²) in [6.07, 6.45) is 4.20. The van der Waals surface area contributed by atoms with Crippen molar-refractivity contribution in [2.45, 2.75) is 37.8 Å². The van der Waals surface area contributed by atoms with Gasteiger partial charge in [-0.15, -0.1) is 0 Å². The predicted octanol–water partition coefficient (Wildman–Crippen LogP) is 1.80. The summed E-state index contributed by atoms with van der Waals surface area (Å²) in [4.78, 5) is 7.77. The summed E-state index contributed by atoms with van der Waals surface area (Å²) in [7, 11) is 0. The highest BCUT2D eigenvalue weighted by atomic mass is 14.9. The van der Waals surface area contributed by atoms with Gasteiger partial charge in [0.1, 0.15) is 0 Å². The van der Waals surface area contributed by atoms with E-state index in [9.17, 15) is 0 Å². The first-order valence-electron chi connectivity index (χ1n) is 4.11. The fourth-order valence-electron chi connectivity index (χ4n) is 1.56. The first-order chi connectivity index (χ1) is 5.88. The Morgan fingerprint density at radius 3 is 1.67 bits per heavy atom. The summed E-state index contributed by atoms with van der Waals surface area (Å²) in [5, 5.41) is 13.5. The molecule has 1 fully saturated rings. The van der Waals surface area contributed by atoms with Crippen LogP contribution in [0.2, 0.25) is 0 Å². The van der Waals surface area contributed by atoms with Crippen molar-refractivity contribution in [3.8, 4) is 0 Å². The molecule has 0 spiro atoms. The van der Waals surface area contributed by atoms with Crippen molar-refractivity contribution < 1.29 is 0 Å².